The molecule has 0 bridgehead atoms. The zero-order valence-corrected chi connectivity index (χ0v) is 21.5. The highest BCUT2D eigenvalue weighted by molar-refractivity contribution is 7.31. The molecule has 0 aliphatic carbocycles. The summed E-state index contributed by atoms with van der Waals surface area (Å²) in [6.07, 6.45) is -0.0232. The van der Waals surface area contributed by atoms with E-state index >= 15 is 0 Å². The Morgan fingerprint density at radius 3 is 2.20 bits per heavy atom. The average Bonchev–Trinajstić information content (AvgIpc) is 2.84. The number of benzene rings is 3. The second-order valence-electron chi connectivity index (χ2n) is 8.13. The minimum Gasteiger partial charge on any atom is -0.441 e. The van der Waals surface area contributed by atoms with Crippen LogP contribution >= 0.6 is 20.8 Å². The molecule has 0 aliphatic heterocycles. The Labute approximate surface area is 213 Å². The fraction of sp³-hybridized carbons (Fsp3) is 0.179. The number of hydrogen-bond acceptors (Lipinski definition) is 4. The SMILES string of the molecule is CC(=N)/C(NC(=O)OC(C)c1ccccc1Cl)=C(\P)c1ccc(Cc2ccc(CC#N)cc2)cc1. The maximum atomic E-state index is 12.6. The molecule has 7 heteroatoms. The molecule has 0 heterocycles. The van der Waals surface area contributed by atoms with E-state index in [2.05, 4.69) is 20.6 Å². The van der Waals surface area contributed by atoms with Gasteiger partial charge in [0.25, 0.3) is 0 Å². The Balaban J connectivity index is 1.70. The lowest BCUT2D eigenvalue weighted by molar-refractivity contribution is 0.110. The highest BCUT2D eigenvalue weighted by Gasteiger charge is 2.17. The molecule has 178 valence electrons. The summed E-state index contributed by atoms with van der Waals surface area (Å²) in [5, 5.41) is 20.9. The molecule has 3 aromatic rings. The number of halogens is 1. The zero-order chi connectivity index (χ0) is 25.4. The average molecular weight is 504 g/mol. The normalized spacial score (nSPS) is 12.2. The fourth-order valence-corrected chi connectivity index (χ4v) is 4.34. The molecule has 0 radical (unpaired) electrons. The summed E-state index contributed by atoms with van der Waals surface area (Å²) in [5.74, 6) is 0. The van der Waals surface area contributed by atoms with Crippen molar-refractivity contribution in [2.75, 3.05) is 0 Å². The van der Waals surface area contributed by atoms with Crippen LogP contribution in [0, 0.1) is 16.7 Å². The molecule has 35 heavy (non-hydrogen) atoms. The van der Waals surface area contributed by atoms with Crippen molar-refractivity contribution in [3.63, 3.8) is 0 Å². The van der Waals surface area contributed by atoms with E-state index in [1.54, 1.807) is 19.9 Å². The van der Waals surface area contributed by atoms with Crippen molar-refractivity contribution in [2.24, 2.45) is 0 Å². The van der Waals surface area contributed by atoms with E-state index in [-0.39, 0.29) is 5.71 Å². The van der Waals surface area contributed by atoms with Crippen LogP contribution in [0.1, 0.15) is 47.8 Å². The monoisotopic (exact) mass is 503 g/mol. The first kappa shape index (κ1) is 26.2. The minimum atomic E-state index is -0.657. The standard InChI is InChI=1S/C28H27ClN3O2P/c1-18(31)26(32-28(33)34-19(2)24-5-3-4-6-25(24)29)27(35)23-13-11-22(12-14-23)17-21-9-7-20(8-10-21)15-16-30/h3-14,19,31H,15,17,35H2,1-2H3,(H,32,33)/b27-26+,31-18?. The molecular formula is C28H27ClN3O2P. The van der Waals surface area contributed by atoms with Crippen LogP contribution in [0.4, 0.5) is 4.79 Å². The van der Waals surface area contributed by atoms with Crippen LogP contribution in [0.3, 0.4) is 0 Å². The summed E-state index contributed by atoms with van der Waals surface area (Å²) < 4.78 is 5.50. The van der Waals surface area contributed by atoms with Crippen LogP contribution < -0.4 is 5.32 Å². The lowest BCUT2D eigenvalue weighted by atomic mass is 10.0. The van der Waals surface area contributed by atoms with Gasteiger partial charge in [0, 0.05) is 15.9 Å². The van der Waals surface area contributed by atoms with Gasteiger partial charge in [0.05, 0.1) is 23.9 Å². The van der Waals surface area contributed by atoms with Crippen molar-refractivity contribution in [1.82, 2.24) is 5.32 Å². The highest BCUT2D eigenvalue weighted by atomic mass is 35.5. The van der Waals surface area contributed by atoms with Gasteiger partial charge < -0.3 is 10.1 Å². The van der Waals surface area contributed by atoms with Gasteiger partial charge >= 0.3 is 6.09 Å². The van der Waals surface area contributed by atoms with E-state index < -0.39 is 12.2 Å². The maximum Gasteiger partial charge on any atom is 0.412 e. The number of nitrogens with one attached hydrogen (secondary N) is 2. The minimum absolute atomic E-state index is 0.207. The van der Waals surface area contributed by atoms with Crippen molar-refractivity contribution in [1.29, 1.82) is 10.7 Å². The molecule has 0 saturated heterocycles. The van der Waals surface area contributed by atoms with Crippen molar-refractivity contribution in [2.45, 2.75) is 32.8 Å². The van der Waals surface area contributed by atoms with Gasteiger partial charge in [0.1, 0.15) is 6.10 Å². The van der Waals surface area contributed by atoms with E-state index in [0.29, 0.717) is 28.0 Å². The Hall–Kier alpha value is -3.45. The second kappa shape index (κ2) is 12.3. The third kappa shape index (κ3) is 7.26. The van der Waals surface area contributed by atoms with Crippen molar-refractivity contribution >= 4 is 38.0 Å². The third-order valence-corrected chi connectivity index (χ3v) is 6.44. The molecular weight excluding hydrogens is 477 g/mol. The number of hydrogen-bond donors (Lipinski definition) is 2. The summed E-state index contributed by atoms with van der Waals surface area (Å²) in [6.45, 7) is 3.36. The number of carbonyl (C=O) groups is 1. The molecule has 1 amide bonds. The number of carbonyl (C=O) groups excluding carboxylic acids is 1. The van der Waals surface area contributed by atoms with Gasteiger partial charge in [-0.3, -0.25) is 5.32 Å². The lowest BCUT2D eigenvalue weighted by Crippen LogP contribution is -2.28. The van der Waals surface area contributed by atoms with E-state index in [9.17, 15) is 4.79 Å². The van der Waals surface area contributed by atoms with Crippen LogP contribution in [0.2, 0.25) is 5.02 Å². The zero-order valence-electron chi connectivity index (χ0n) is 19.6. The van der Waals surface area contributed by atoms with Gasteiger partial charge in [-0.15, -0.1) is 9.24 Å². The number of nitrogens with zero attached hydrogens (tertiary/aromatic N) is 1. The lowest BCUT2D eigenvalue weighted by Gasteiger charge is -2.18. The highest BCUT2D eigenvalue weighted by Crippen LogP contribution is 2.28. The van der Waals surface area contributed by atoms with Gasteiger partial charge in [-0.2, -0.15) is 5.26 Å². The van der Waals surface area contributed by atoms with Gasteiger partial charge in [-0.25, -0.2) is 4.79 Å². The van der Waals surface area contributed by atoms with E-state index in [1.807, 2.05) is 66.7 Å². The number of alkyl carbamates (subject to hydrolysis) is 1. The molecule has 2 N–H and O–H groups in total. The molecule has 2 unspecified atom stereocenters. The van der Waals surface area contributed by atoms with Crippen LogP contribution in [0.5, 0.6) is 0 Å². The van der Waals surface area contributed by atoms with Crippen molar-refractivity contribution < 1.29 is 9.53 Å². The molecule has 0 fully saturated rings. The van der Waals surface area contributed by atoms with Gasteiger partial charge in [-0.1, -0.05) is 78.3 Å². The first-order valence-electron chi connectivity index (χ1n) is 11.1. The largest absolute Gasteiger partial charge is 0.441 e. The first-order chi connectivity index (χ1) is 16.8. The van der Waals surface area contributed by atoms with E-state index in [4.69, 9.17) is 27.0 Å². The smallest absolute Gasteiger partial charge is 0.412 e. The molecule has 3 rings (SSSR count). The number of amides is 1. The summed E-state index contributed by atoms with van der Waals surface area (Å²) in [6, 6.07) is 25.4. The Kier molecular flexibility index (Phi) is 9.20. The molecule has 0 spiro atoms. The summed E-state index contributed by atoms with van der Waals surface area (Å²) in [5.41, 5.74) is 5.45. The van der Waals surface area contributed by atoms with E-state index in [0.717, 1.165) is 28.7 Å². The van der Waals surface area contributed by atoms with Gasteiger partial charge in [0.15, 0.2) is 0 Å². The van der Waals surface area contributed by atoms with Crippen molar-refractivity contribution in [3.8, 4) is 6.07 Å². The van der Waals surface area contributed by atoms with Gasteiger partial charge in [0.2, 0.25) is 0 Å². The quantitative estimate of drug-likeness (QED) is 0.254. The molecule has 5 nitrogen and oxygen atoms in total. The van der Waals surface area contributed by atoms with Gasteiger partial charge in [-0.05, 0) is 48.6 Å². The Morgan fingerprint density at radius 2 is 1.63 bits per heavy atom. The topological polar surface area (TPSA) is 86.0 Å². The molecule has 2 atom stereocenters. The van der Waals surface area contributed by atoms with Crippen LogP contribution in [0.25, 0.3) is 5.31 Å². The summed E-state index contributed by atoms with van der Waals surface area (Å²) in [4.78, 5) is 12.6. The molecule has 3 aromatic carbocycles. The fourth-order valence-electron chi connectivity index (χ4n) is 3.57. The first-order valence-corrected chi connectivity index (χ1v) is 12.1. The predicted molar refractivity (Wildman–Crippen MR) is 145 cm³/mol. The van der Waals surface area contributed by atoms with Crippen LogP contribution in [0.15, 0.2) is 78.5 Å². The van der Waals surface area contributed by atoms with Crippen molar-refractivity contribution in [3.05, 3.63) is 111 Å². The van der Waals surface area contributed by atoms with Crippen LogP contribution in [-0.2, 0) is 17.6 Å². The Bertz CT molecular complexity index is 1280. The molecule has 0 aromatic heterocycles. The maximum absolute atomic E-state index is 12.6. The number of allylic oxidation sites excluding steroid dienone is 1. The third-order valence-electron chi connectivity index (χ3n) is 5.48. The second-order valence-corrected chi connectivity index (χ2v) is 9.12. The van der Waals surface area contributed by atoms with Crippen LogP contribution in [-0.4, -0.2) is 11.8 Å². The van der Waals surface area contributed by atoms with E-state index in [1.165, 1.54) is 0 Å². The molecule has 0 aliphatic rings. The molecule has 0 saturated carbocycles. The summed E-state index contributed by atoms with van der Waals surface area (Å²) >= 11 is 6.20. The number of ether oxygens (including phenoxy) is 1. The Morgan fingerprint density at radius 1 is 1.06 bits per heavy atom. The predicted octanol–water partition coefficient (Wildman–Crippen LogP) is 7.07. The number of nitriles is 1. The number of rotatable bonds is 8. The summed E-state index contributed by atoms with van der Waals surface area (Å²) in [7, 11) is 2.61.